The van der Waals surface area contributed by atoms with Gasteiger partial charge in [0.1, 0.15) is 18.5 Å². The first-order valence-corrected chi connectivity index (χ1v) is 6.98. The molecule has 0 saturated heterocycles. The molecule has 2 aromatic rings. The monoisotopic (exact) mass is 344 g/mol. The Kier molecular flexibility index (Phi) is 5.03. The fourth-order valence-corrected chi connectivity index (χ4v) is 2.01. The normalized spacial score (nSPS) is 11.4. The topological polar surface area (TPSA) is 157 Å². The molecule has 0 bridgehead atoms. The molecule has 1 N–H and O–H groups in total. The third kappa shape index (κ3) is 4.14. The van der Waals surface area contributed by atoms with Crippen LogP contribution in [0.3, 0.4) is 0 Å². The molecular weight excluding hydrogens is 332 g/mol. The lowest BCUT2D eigenvalue weighted by molar-refractivity contribution is -0.385. The molecule has 25 heavy (non-hydrogen) atoms. The molecule has 2 rings (SSSR count). The zero-order valence-electron chi connectivity index (χ0n) is 12.9. The lowest BCUT2D eigenvalue weighted by Crippen LogP contribution is -2.25. The Morgan fingerprint density at radius 3 is 2.60 bits per heavy atom. The molecule has 1 aromatic heterocycles. The summed E-state index contributed by atoms with van der Waals surface area (Å²) in [4.78, 5) is 32.3. The van der Waals surface area contributed by atoms with Crippen LogP contribution in [0.15, 0.2) is 30.6 Å². The van der Waals surface area contributed by atoms with Crippen LogP contribution in [0.25, 0.3) is 0 Å². The van der Waals surface area contributed by atoms with Gasteiger partial charge in [-0.05, 0) is 6.07 Å². The molecule has 1 unspecified atom stereocenters. The number of benzene rings is 1. The summed E-state index contributed by atoms with van der Waals surface area (Å²) in [6.07, 6.45) is 2.28. The maximum absolute atomic E-state index is 12.2. The average molecular weight is 344 g/mol. The minimum absolute atomic E-state index is 0.0375. The number of hydrogen-bond acceptors (Lipinski definition) is 7. The molecule has 1 amide bonds. The predicted molar refractivity (Wildman–Crippen MR) is 84.5 cm³/mol. The maximum Gasteiger partial charge on any atom is 0.306 e. The van der Waals surface area contributed by atoms with Crippen LogP contribution >= 0.6 is 0 Å². The molecule has 0 radical (unpaired) electrons. The van der Waals surface area contributed by atoms with Crippen molar-refractivity contribution in [3.05, 3.63) is 56.4 Å². The van der Waals surface area contributed by atoms with Crippen molar-refractivity contribution in [3.8, 4) is 6.07 Å². The molecule has 0 aliphatic rings. The number of non-ortho nitro benzene ring substituents is 1. The summed E-state index contributed by atoms with van der Waals surface area (Å²) in [5.41, 5.74) is -0.331. The summed E-state index contributed by atoms with van der Waals surface area (Å²) in [6, 6.07) is 5.31. The number of anilines is 1. The number of nitro benzene ring substituents is 1. The number of hydrogen-bond donors (Lipinski definition) is 1. The van der Waals surface area contributed by atoms with E-state index in [-0.39, 0.29) is 29.2 Å². The molecule has 128 valence electrons. The Hall–Kier alpha value is -3.81. The van der Waals surface area contributed by atoms with Crippen LogP contribution in [0.1, 0.15) is 12.5 Å². The van der Waals surface area contributed by atoms with E-state index in [1.165, 1.54) is 23.0 Å². The fraction of sp³-hybridized carbons (Fsp3) is 0.214. The Balaban J connectivity index is 2.09. The number of rotatable bonds is 6. The second-order valence-electron chi connectivity index (χ2n) is 5.17. The van der Waals surface area contributed by atoms with Crippen molar-refractivity contribution >= 4 is 23.0 Å². The van der Waals surface area contributed by atoms with Gasteiger partial charge in [0.25, 0.3) is 5.69 Å². The van der Waals surface area contributed by atoms with E-state index in [0.717, 1.165) is 12.3 Å². The molecule has 0 aliphatic carbocycles. The number of nitrogens with one attached hydrogen (secondary N) is 1. The molecule has 0 aliphatic heterocycles. The third-order valence-electron chi connectivity index (χ3n) is 3.33. The third-order valence-corrected chi connectivity index (χ3v) is 3.33. The zero-order valence-corrected chi connectivity index (χ0v) is 12.9. The number of nitriles is 1. The van der Waals surface area contributed by atoms with Gasteiger partial charge in [-0.2, -0.15) is 10.4 Å². The molecule has 0 fully saturated rings. The smallest absolute Gasteiger partial charge is 0.306 e. The van der Waals surface area contributed by atoms with Crippen molar-refractivity contribution in [1.29, 1.82) is 5.26 Å². The minimum atomic E-state index is -0.639. The van der Waals surface area contributed by atoms with E-state index in [0.29, 0.717) is 0 Å². The van der Waals surface area contributed by atoms with Crippen LogP contribution < -0.4 is 5.32 Å². The summed E-state index contributed by atoms with van der Waals surface area (Å²) in [7, 11) is 0. The molecule has 0 saturated carbocycles. The lowest BCUT2D eigenvalue weighted by Gasteiger charge is -2.13. The van der Waals surface area contributed by atoms with Gasteiger partial charge in [-0.25, -0.2) is 0 Å². The van der Waals surface area contributed by atoms with Crippen LogP contribution in [-0.4, -0.2) is 25.5 Å². The van der Waals surface area contributed by atoms with Gasteiger partial charge in [0, 0.05) is 12.1 Å². The molecule has 11 nitrogen and oxygen atoms in total. The SMILES string of the molecule is CC(Cn1cc([N+](=O)[O-])cn1)C(=O)Nc1ccc([N+](=O)[O-])cc1C#N. The van der Waals surface area contributed by atoms with Gasteiger partial charge in [0.15, 0.2) is 0 Å². The molecule has 1 aromatic carbocycles. The first-order valence-electron chi connectivity index (χ1n) is 6.98. The van der Waals surface area contributed by atoms with Crippen LogP contribution in [0.4, 0.5) is 17.1 Å². The number of aromatic nitrogens is 2. The van der Waals surface area contributed by atoms with Crippen molar-refractivity contribution in [2.75, 3.05) is 5.32 Å². The summed E-state index contributed by atoms with van der Waals surface area (Å²) in [5, 5.41) is 36.7. The maximum atomic E-state index is 12.2. The van der Waals surface area contributed by atoms with E-state index in [9.17, 15) is 25.0 Å². The zero-order chi connectivity index (χ0) is 18.6. The average Bonchev–Trinajstić information content (AvgIpc) is 3.03. The highest BCUT2D eigenvalue weighted by Crippen LogP contribution is 2.22. The Bertz CT molecular complexity index is 884. The van der Waals surface area contributed by atoms with Gasteiger partial charge >= 0.3 is 5.69 Å². The second kappa shape index (κ2) is 7.18. The number of nitro groups is 2. The van der Waals surface area contributed by atoms with E-state index in [1.807, 2.05) is 0 Å². The summed E-state index contributed by atoms with van der Waals surface area (Å²) >= 11 is 0. The van der Waals surface area contributed by atoms with Crippen LogP contribution in [0, 0.1) is 37.5 Å². The molecule has 0 spiro atoms. The standard InChI is InChI=1S/C14H12N6O5/c1-9(7-18-8-12(6-16-18)20(24)25)14(21)17-13-3-2-11(19(22)23)4-10(13)5-15/h2-4,6,8-9H,7H2,1H3,(H,17,21). The largest absolute Gasteiger partial charge is 0.325 e. The van der Waals surface area contributed by atoms with Gasteiger partial charge in [-0.1, -0.05) is 6.92 Å². The molecule has 1 atom stereocenters. The number of nitrogens with zero attached hydrogens (tertiary/aromatic N) is 5. The van der Waals surface area contributed by atoms with Crippen molar-refractivity contribution in [2.24, 2.45) is 5.92 Å². The van der Waals surface area contributed by atoms with E-state index in [2.05, 4.69) is 10.4 Å². The van der Waals surface area contributed by atoms with E-state index in [4.69, 9.17) is 5.26 Å². The summed E-state index contributed by atoms with van der Waals surface area (Å²) in [6.45, 7) is 1.68. The van der Waals surface area contributed by atoms with Crippen LogP contribution in [0.2, 0.25) is 0 Å². The van der Waals surface area contributed by atoms with Crippen molar-refractivity contribution in [1.82, 2.24) is 9.78 Å². The number of carbonyl (C=O) groups excluding carboxylic acids is 1. The lowest BCUT2D eigenvalue weighted by atomic mass is 10.1. The van der Waals surface area contributed by atoms with E-state index < -0.39 is 21.7 Å². The first kappa shape index (κ1) is 17.5. The van der Waals surface area contributed by atoms with Crippen molar-refractivity contribution < 1.29 is 14.6 Å². The van der Waals surface area contributed by atoms with Crippen LogP contribution in [-0.2, 0) is 11.3 Å². The molecule has 1 heterocycles. The van der Waals surface area contributed by atoms with Crippen molar-refractivity contribution in [2.45, 2.75) is 13.5 Å². The van der Waals surface area contributed by atoms with E-state index in [1.54, 1.807) is 13.0 Å². The Morgan fingerprint density at radius 2 is 2.04 bits per heavy atom. The minimum Gasteiger partial charge on any atom is -0.325 e. The Morgan fingerprint density at radius 1 is 1.36 bits per heavy atom. The second-order valence-corrected chi connectivity index (χ2v) is 5.17. The van der Waals surface area contributed by atoms with Gasteiger partial charge < -0.3 is 5.32 Å². The predicted octanol–water partition coefficient (Wildman–Crippen LogP) is 1.85. The van der Waals surface area contributed by atoms with E-state index >= 15 is 0 Å². The highest BCUT2D eigenvalue weighted by molar-refractivity contribution is 5.93. The van der Waals surface area contributed by atoms with Gasteiger partial charge in [0.05, 0.1) is 33.6 Å². The van der Waals surface area contributed by atoms with Gasteiger partial charge in [-0.3, -0.25) is 29.7 Å². The number of carbonyl (C=O) groups is 1. The van der Waals surface area contributed by atoms with Crippen LogP contribution in [0.5, 0.6) is 0 Å². The quantitative estimate of drug-likeness (QED) is 0.618. The van der Waals surface area contributed by atoms with Crippen molar-refractivity contribution in [3.63, 3.8) is 0 Å². The number of amides is 1. The summed E-state index contributed by atoms with van der Waals surface area (Å²) < 4.78 is 1.27. The van der Waals surface area contributed by atoms with Gasteiger partial charge in [-0.15, -0.1) is 0 Å². The Labute approximate surface area is 140 Å². The molecule has 11 heteroatoms. The first-order chi connectivity index (χ1) is 11.8. The molecular formula is C14H12N6O5. The highest BCUT2D eigenvalue weighted by atomic mass is 16.6. The summed E-state index contributed by atoms with van der Waals surface area (Å²) in [5.74, 6) is -1.07. The fourth-order valence-electron chi connectivity index (χ4n) is 2.01. The van der Waals surface area contributed by atoms with Gasteiger partial charge in [0.2, 0.25) is 5.91 Å². The highest BCUT2D eigenvalue weighted by Gasteiger charge is 2.19.